The van der Waals surface area contributed by atoms with Crippen molar-refractivity contribution in [3.63, 3.8) is 0 Å². The van der Waals surface area contributed by atoms with Gasteiger partial charge in [0.25, 0.3) is 0 Å². The van der Waals surface area contributed by atoms with Gasteiger partial charge >= 0.3 is 6.18 Å². The first-order chi connectivity index (χ1) is 14.1. The molecular weight excluding hydrogens is 393 g/mol. The third kappa shape index (κ3) is 5.25. The lowest BCUT2D eigenvalue weighted by atomic mass is 10.1. The third-order valence-corrected chi connectivity index (χ3v) is 4.87. The van der Waals surface area contributed by atoms with E-state index in [2.05, 4.69) is 29.1 Å². The molecule has 0 atom stereocenters. The molecule has 3 aromatic rings. The fourth-order valence-corrected chi connectivity index (χ4v) is 2.87. The van der Waals surface area contributed by atoms with Crippen molar-refractivity contribution in [3.8, 4) is 0 Å². The summed E-state index contributed by atoms with van der Waals surface area (Å²) in [6.45, 7) is 4.14. The Morgan fingerprint density at radius 1 is 1.13 bits per heavy atom. The van der Waals surface area contributed by atoms with Gasteiger partial charge in [0.05, 0.1) is 17.4 Å². The number of carbonyl (C=O) groups is 1. The van der Waals surface area contributed by atoms with Crippen molar-refractivity contribution in [1.29, 1.82) is 0 Å². The number of aryl methyl sites for hydroxylation is 1. The van der Waals surface area contributed by atoms with E-state index < -0.39 is 11.7 Å². The molecule has 0 radical (unpaired) electrons. The van der Waals surface area contributed by atoms with E-state index in [-0.39, 0.29) is 12.3 Å². The second kappa shape index (κ2) is 8.69. The predicted molar refractivity (Wildman–Crippen MR) is 111 cm³/mol. The van der Waals surface area contributed by atoms with Gasteiger partial charge in [0.15, 0.2) is 5.65 Å². The Labute approximate surface area is 172 Å². The zero-order chi connectivity index (χ0) is 21.9. The number of benzene rings is 1. The second-order valence-electron chi connectivity index (χ2n) is 7.39. The van der Waals surface area contributed by atoms with Crippen molar-refractivity contribution in [2.24, 2.45) is 0 Å². The lowest BCUT2D eigenvalue weighted by Crippen LogP contribution is -2.26. The van der Waals surface area contributed by atoms with Gasteiger partial charge in [-0.15, -0.1) is 0 Å². The van der Waals surface area contributed by atoms with Crippen LogP contribution in [0.2, 0.25) is 0 Å². The van der Waals surface area contributed by atoms with Crippen molar-refractivity contribution >= 4 is 28.4 Å². The minimum absolute atomic E-state index is 0.153. The van der Waals surface area contributed by atoms with E-state index >= 15 is 0 Å². The molecule has 5 nitrogen and oxygen atoms in total. The van der Waals surface area contributed by atoms with Crippen LogP contribution in [-0.4, -0.2) is 29.0 Å². The smallest absolute Gasteiger partial charge is 0.357 e. The molecule has 1 amide bonds. The number of hydrogen-bond acceptors (Lipinski definition) is 4. The van der Waals surface area contributed by atoms with E-state index in [0.29, 0.717) is 29.4 Å². The van der Waals surface area contributed by atoms with Crippen LogP contribution in [0.4, 0.5) is 24.7 Å². The zero-order valence-corrected chi connectivity index (χ0v) is 17.0. The molecule has 0 spiro atoms. The SMILES string of the molecule is CC(C)N(C)c1ccc2cc(NC(=O)CCc3ccc(C(F)(F)F)cc3)cnc2n1. The summed E-state index contributed by atoms with van der Waals surface area (Å²) in [5.41, 5.74) is 1.10. The summed E-state index contributed by atoms with van der Waals surface area (Å²) in [7, 11) is 1.96. The Morgan fingerprint density at radius 2 is 1.83 bits per heavy atom. The quantitative estimate of drug-likeness (QED) is 0.610. The zero-order valence-electron chi connectivity index (χ0n) is 17.0. The van der Waals surface area contributed by atoms with Crippen molar-refractivity contribution in [1.82, 2.24) is 9.97 Å². The maximum atomic E-state index is 12.6. The van der Waals surface area contributed by atoms with Gasteiger partial charge in [-0.2, -0.15) is 13.2 Å². The standard InChI is InChI=1S/C22H23F3N4O/c1-14(2)29(3)19-10-7-16-12-18(13-26-21(16)28-19)27-20(30)11-6-15-4-8-17(9-5-15)22(23,24)25/h4-5,7-10,12-14H,6,11H2,1-3H3,(H,27,30). The summed E-state index contributed by atoms with van der Waals surface area (Å²) in [6, 6.07) is 10.7. The van der Waals surface area contributed by atoms with E-state index in [1.54, 1.807) is 12.3 Å². The number of alkyl halides is 3. The largest absolute Gasteiger partial charge is 0.416 e. The highest BCUT2D eigenvalue weighted by atomic mass is 19.4. The van der Waals surface area contributed by atoms with Gasteiger partial charge in [0.2, 0.25) is 5.91 Å². The van der Waals surface area contributed by atoms with Crippen LogP contribution in [0.5, 0.6) is 0 Å². The lowest BCUT2D eigenvalue weighted by molar-refractivity contribution is -0.137. The average molecular weight is 416 g/mol. The van der Waals surface area contributed by atoms with Crippen molar-refractivity contribution in [2.45, 2.75) is 38.9 Å². The van der Waals surface area contributed by atoms with Crippen LogP contribution in [0.25, 0.3) is 11.0 Å². The normalized spacial score (nSPS) is 11.7. The first-order valence-electron chi connectivity index (χ1n) is 9.59. The van der Waals surface area contributed by atoms with Gasteiger partial charge in [0.1, 0.15) is 5.82 Å². The number of nitrogens with one attached hydrogen (secondary N) is 1. The number of hydrogen-bond donors (Lipinski definition) is 1. The maximum absolute atomic E-state index is 12.6. The highest BCUT2D eigenvalue weighted by Gasteiger charge is 2.29. The first-order valence-corrected chi connectivity index (χ1v) is 9.59. The highest BCUT2D eigenvalue weighted by Crippen LogP contribution is 2.29. The Hall–Kier alpha value is -3.16. The highest BCUT2D eigenvalue weighted by molar-refractivity contribution is 5.92. The number of rotatable bonds is 6. The molecule has 0 saturated carbocycles. The Bertz CT molecular complexity index is 1030. The van der Waals surface area contributed by atoms with Crippen LogP contribution in [-0.2, 0) is 17.4 Å². The molecule has 0 saturated heterocycles. The monoisotopic (exact) mass is 416 g/mol. The molecule has 158 valence electrons. The van der Waals surface area contributed by atoms with E-state index in [0.717, 1.165) is 23.3 Å². The summed E-state index contributed by atoms with van der Waals surface area (Å²) < 4.78 is 37.8. The molecule has 0 unspecified atom stereocenters. The van der Waals surface area contributed by atoms with Crippen molar-refractivity contribution in [2.75, 3.05) is 17.3 Å². The second-order valence-corrected chi connectivity index (χ2v) is 7.39. The van der Waals surface area contributed by atoms with Gasteiger partial charge < -0.3 is 10.2 Å². The van der Waals surface area contributed by atoms with E-state index in [4.69, 9.17) is 0 Å². The molecule has 2 aromatic heterocycles. The Balaban J connectivity index is 1.61. The molecule has 2 heterocycles. The lowest BCUT2D eigenvalue weighted by Gasteiger charge is -2.22. The fourth-order valence-electron chi connectivity index (χ4n) is 2.87. The number of nitrogens with zero attached hydrogens (tertiary/aromatic N) is 3. The molecule has 30 heavy (non-hydrogen) atoms. The summed E-state index contributed by atoms with van der Waals surface area (Å²) >= 11 is 0. The van der Waals surface area contributed by atoms with Crippen LogP contribution in [0.15, 0.2) is 48.7 Å². The number of halogens is 3. The fraction of sp³-hybridized carbons (Fsp3) is 0.318. The van der Waals surface area contributed by atoms with Gasteiger partial charge in [-0.3, -0.25) is 4.79 Å². The minimum atomic E-state index is -4.36. The topological polar surface area (TPSA) is 58.1 Å². The van der Waals surface area contributed by atoms with Gasteiger partial charge in [-0.25, -0.2) is 9.97 Å². The van der Waals surface area contributed by atoms with Crippen LogP contribution < -0.4 is 10.2 Å². The average Bonchev–Trinajstić information content (AvgIpc) is 2.71. The van der Waals surface area contributed by atoms with Crippen molar-refractivity contribution in [3.05, 3.63) is 59.8 Å². The minimum Gasteiger partial charge on any atom is -0.357 e. The number of fused-ring (bicyclic) bond motifs is 1. The molecule has 8 heteroatoms. The van der Waals surface area contributed by atoms with Crippen molar-refractivity contribution < 1.29 is 18.0 Å². The number of anilines is 2. The molecule has 3 rings (SSSR count). The molecular formula is C22H23F3N4O. The Morgan fingerprint density at radius 3 is 2.47 bits per heavy atom. The first kappa shape index (κ1) is 21.5. The Kier molecular flexibility index (Phi) is 6.24. The van der Waals surface area contributed by atoms with E-state index in [9.17, 15) is 18.0 Å². The number of amides is 1. The molecule has 0 aliphatic heterocycles. The van der Waals surface area contributed by atoms with E-state index in [1.807, 2.05) is 24.1 Å². The summed E-state index contributed by atoms with van der Waals surface area (Å²) in [5.74, 6) is 0.582. The number of aromatic nitrogens is 2. The molecule has 0 aliphatic rings. The predicted octanol–water partition coefficient (Wildman–Crippen LogP) is 5.06. The van der Waals surface area contributed by atoms with Gasteiger partial charge in [-0.1, -0.05) is 12.1 Å². The van der Waals surface area contributed by atoms with E-state index in [1.165, 1.54) is 12.1 Å². The molecule has 1 N–H and O–H groups in total. The summed E-state index contributed by atoms with van der Waals surface area (Å²) in [4.78, 5) is 23.1. The van der Waals surface area contributed by atoms with Gasteiger partial charge in [0, 0.05) is 24.9 Å². The summed E-state index contributed by atoms with van der Waals surface area (Å²) in [5, 5.41) is 3.58. The molecule has 0 aliphatic carbocycles. The van der Waals surface area contributed by atoms with Crippen LogP contribution in [0.1, 0.15) is 31.4 Å². The van der Waals surface area contributed by atoms with Crippen LogP contribution in [0, 0.1) is 0 Å². The number of carbonyl (C=O) groups excluding carboxylic acids is 1. The molecule has 1 aromatic carbocycles. The van der Waals surface area contributed by atoms with Crippen LogP contribution in [0.3, 0.4) is 0 Å². The third-order valence-electron chi connectivity index (χ3n) is 4.87. The molecule has 0 bridgehead atoms. The maximum Gasteiger partial charge on any atom is 0.416 e. The number of pyridine rings is 2. The van der Waals surface area contributed by atoms with Gasteiger partial charge in [-0.05, 0) is 56.2 Å². The molecule has 0 fully saturated rings. The summed E-state index contributed by atoms with van der Waals surface area (Å²) in [6.07, 6.45) is -2.32. The van der Waals surface area contributed by atoms with Crippen LogP contribution >= 0.6 is 0 Å².